The van der Waals surface area contributed by atoms with Gasteiger partial charge in [-0.3, -0.25) is 4.79 Å². The Bertz CT molecular complexity index is 727. The van der Waals surface area contributed by atoms with Crippen molar-refractivity contribution in [2.45, 2.75) is 63.4 Å². The number of esters is 1. The van der Waals surface area contributed by atoms with Gasteiger partial charge < -0.3 is 19.7 Å². The molecule has 2 spiro atoms. The number of carbonyl (C=O) groups excluding carboxylic acids is 2. The summed E-state index contributed by atoms with van der Waals surface area (Å²) < 4.78 is 12.3. The minimum Gasteiger partial charge on any atom is -0.511 e. The molecule has 3 aliphatic heterocycles. The molecule has 136 valence electrons. The molecule has 9 atom stereocenters. The largest absolute Gasteiger partial charge is 0.511 e. The summed E-state index contributed by atoms with van der Waals surface area (Å²) in [6.45, 7) is 5.68. The van der Waals surface area contributed by atoms with Gasteiger partial charge >= 0.3 is 5.97 Å². The molecular formula is C19H24O6. The molecular weight excluding hydrogens is 324 g/mol. The molecule has 2 saturated carbocycles. The molecule has 2 N–H and O–H groups in total. The highest BCUT2D eigenvalue weighted by Crippen LogP contribution is 2.70. The van der Waals surface area contributed by atoms with Crippen LogP contribution in [0.15, 0.2) is 11.3 Å². The fraction of sp³-hybridized carbons (Fsp3) is 0.789. The number of rotatable bonds is 0. The zero-order chi connectivity index (χ0) is 17.9. The van der Waals surface area contributed by atoms with Crippen LogP contribution in [0.5, 0.6) is 0 Å². The molecule has 4 bridgehead atoms. The van der Waals surface area contributed by atoms with Crippen LogP contribution >= 0.6 is 0 Å². The van der Waals surface area contributed by atoms with Crippen LogP contribution in [0.25, 0.3) is 0 Å². The van der Waals surface area contributed by atoms with Crippen molar-refractivity contribution < 1.29 is 29.3 Å². The molecule has 5 fully saturated rings. The highest BCUT2D eigenvalue weighted by Gasteiger charge is 2.84. The van der Waals surface area contributed by atoms with Gasteiger partial charge in [-0.05, 0) is 25.2 Å². The first-order chi connectivity index (χ1) is 11.7. The third-order valence-corrected chi connectivity index (χ3v) is 7.57. The van der Waals surface area contributed by atoms with Gasteiger partial charge in [0.15, 0.2) is 11.2 Å². The van der Waals surface area contributed by atoms with Gasteiger partial charge in [-0.25, -0.2) is 4.79 Å². The summed E-state index contributed by atoms with van der Waals surface area (Å²) in [5, 5.41) is 21.7. The van der Waals surface area contributed by atoms with Gasteiger partial charge in [0, 0.05) is 17.8 Å². The first kappa shape index (κ1) is 15.8. The van der Waals surface area contributed by atoms with Crippen molar-refractivity contribution in [3.05, 3.63) is 11.3 Å². The van der Waals surface area contributed by atoms with Gasteiger partial charge in [-0.2, -0.15) is 0 Å². The van der Waals surface area contributed by atoms with Crippen molar-refractivity contribution >= 4 is 11.8 Å². The summed E-state index contributed by atoms with van der Waals surface area (Å²) in [7, 11) is 0. The molecule has 6 heteroatoms. The lowest BCUT2D eigenvalue weighted by molar-refractivity contribution is -0.300. The van der Waals surface area contributed by atoms with E-state index in [-0.39, 0.29) is 40.8 Å². The van der Waals surface area contributed by atoms with Crippen LogP contribution in [0, 0.1) is 29.6 Å². The fourth-order valence-electron chi connectivity index (χ4n) is 6.61. The maximum atomic E-state index is 13.2. The van der Waals surface area contributed by atoms with Crippen molar-refractivity contribution in [3.63, 3.8) is 0 Å². The van der Waals surface area contributed by atoms with E-state index >= 15 is 0 Å². The van der Waals surface area contributed by atoms with Gasteiger partial charge in [0.2, 0.25) is 0 Å². The van der Waals surface area contributed by atoms with Crippen molar-refractivity contribution in [1.82, 2.24) is 0 Å². The highest BCUT2D eigenvalue weighted by molar-refractivity contribution is 5.99. The van der Waals surface area contributed by atoms with E-state index in [1.807, 2.05) is 20.8 Å². The number of fused-ring (bicyclic) bond motifs is 1. The van der Waals surface area contributed by atoms with Crippen LogP contribution in [0.1, 0.15) is 40.0 Å². The van der Waals surface area contributed by atoms with Crippen LogP contribution in [-0.4, -0.2) is 45.4 Å². The number of aliphatic hydroxyl groups excluding tert-OH is 2. The van der Waals surface area contributed by atoms with Crippen LogP contribution in [-0.2, 0) is 19.1 Å². The van der Waals surface area contributed by atoms with E-state index in [1.165, 1.54) is 0 Å². The van der Waals surface area contributed by atoms with Crippen LogP contribution in [0.2, 0.25) is 0 Å². The number of ketones is 1. The molecule has 6 nitrogen and oxygen atoms in total. The number of hydrogen-bond donors (Lipinski definition) is 2. The number of hydrogen-bond acceptors (Lipinski definition) is 6. The summed E-state index contributed by atoms with van der Waals surface area (Å²) in [5.41, 5.74) is -2.11. The molecule has 0 radical (unpaired) electrons. The Balaban J connectivity index is 1.82. The lowest BCUT2D eigenvalue weighted by Gasteiger charge is -2.58. The minimum atomic E-state index is -1.23. The second kappa shape index (κ2) is 4.46. The summed E-state index contributed by atoms with van der Waals surface area (Å²) >= 11 is 0. The number of ether oxygens (including phenoxy) is 2. The van der Waals surface area contributed by atoms with E-state index in [4.69, 9.17) is 9.47 Å². The molecule has 6 aliphatic rings. The van der Waals surface area contributed by atoms with E-state index in [2.05, 4.69) is 0 Å². The number of allylic oxidation sites excluding steroid dienone is 1. The predicted octanol–water partition coefficient (Wildman–Crippen LogP) is 1.51. The van der Waals surface area contributed by atoms with E-state index in [0.717, 1.165) is 0 Å². The maximum Gasteiger partial charge on any atom is 0.341 e. The maximum absolute atomic E-state index is 13.2. The SMILES string of the molecule is C[C@@H]1C[C@H](C)C(=O)[C@@H]2C[C@@H]3C(O)[C@@H]4O[C@@]25/C(=C\1O)C(=O)O[C@]35C[C@H]4C. The number of Topliss-reactive ketones (excluding diaryl/α,β-unsaturated/α-hetero) is 1. The standard InChI is InChI=1S/C19H24O6/c1-7-4-8(2)14(21)12-17(23)25-18-6-9(3)16-15(22)10(18)5-11(13(7)20)19(12,18)24-16/h7-11,15-16,21-22H,4-6H2,1-3H3/b14-12+/t7-,8+,9+,10+,11-,15?,16+,18+,19+/m0/s1. The minimum absolute atomic E-state index is 0.00145. The Morgan fingerprint density at radius 3 is 2.56 bits per heavy atom. The average Bonchev–Trinajstić information content (AvgIpc) is 2.90. The van der Waals surface area contributed by atoms with Crippen LogP contribution < -0.4 is 0 Å². The number of carbonyl (C=O) groups is 2. The Hall–Kier alpha value is -1.40. The molecule has 0 aromatic rings. The molecule has 0 aromatic carbocycles. The van der Waals surface area contributed by atoms with E-state index < -0.39 is 35.3 Å². The first-order valence-electron chi connectivity index (χ1n) is 9.31. The van der Waals surface area contributed by atoms with E-state index in [0.29, 0.717) is 19.3 Å². The van der Waals surface area contributed by atoms with Crippen molar-refractivity contribution in [2.24, 2.45) is 29.6 Å². The highest BCUT2D eigenvalue weighted by atomic mass is 16.6. The smallest absolute Gasteiger partial charge is 0.341 e. The Kier molecular flexibility index (Phi) is 2.83. The zero-order valence-corrected chi connectivity index (χ0v) is 14.7. The van der Waals surface area contributed by atoms with Gasteiger partial charge in [0.25, 0.3) is 0 Å². The monoisotopic (exact) mass is 348 g/mol. The third kappa shape index (κ3) is 1.48. The molecule has 6 rings (SSSR count). The molecule has 3 saturated heterocycles. The van der Waals surface area contributed by atoms with Crippen LogP contribution in [0.3, 0.4) is 0 Å². The Morgan fingerprint density at radius 2 is 1.84 bits per heavy atom. The summed E-state index contributed by atoms with van der Waals surface area (Å²) in [5.74, 6) is -1.89. The van der Waals surface area contributed by atoms with Gasteiger partial charge in [0.05, 0.1) is 18.1 Å². The van der Waals surface area contributed by atoms with Crippen LogP contribution in [0.4, 0.5) is 0 Å². The van der Waals surface area contributed by atoms with Gasteiger partial charge in [0.1, 0.15) is 17.1 Å². The lowest BCUT2D eigenvalue weighted by Crippen LogP contribution is -2.72. The molecule has 3 aliphatic carbocycles. The zero-order valence-electron chi connectivity index (χ0n) is 14.7. The second-order valence-corrected chi connectivity index (χ2v) is 8.86. The topological polar surface area (TPSA) is 93.1 Å². The van der Waals surface area contributed by atoms with Gasteiger partial charge in [-0.1, -0.05) is 20.8 Å². The predicted molar refractivity (Wildman–Crippen MR) is 85.4 cm³/mol. The van der Waals surface area contributed by atoms with Crippen molar-refractivity contribution in [1.29, 1.82) is 0 Å². The van der Waals surface area contributed by atoms with Crippen molar-refractivity contribution in [3.8, 4) is 0 Å². The summed E-state index contributed by atoms with van der Waals surface area (Å²) in [6, 6.07) is 0. The molecule has 1 unspecified atom stereocenters. The molecule has 0 aromatic heterocycles. The van der Waals surface area contributed by atoms with E-state index in [9.17, 15) is 19.8 Å². The number of aliphatic hydroxyl groups is 2. The second-order valence-electron chi connectivity index (χ2n) is 8.86. The molecule has 0 amide bonds. The lowest BCUT2D eigenvalue weighted by atomic mass is 9.59. The summed E-state index contributed by atoms with van der Waals surface area (Å²) in [4.78, 5) is 26.1. The van der Waals surface area contributed by atoms with Gasteiger partial charge in [-0.15, -0.1) is 0 Å². The Morgan fingerprint density at radius 1 is 1.12 bits per heavy atom. The Labute approximate surface area is 146 Å². The molecule has 3 heterocycles. The normalized spacial score (nSPS) is 59.4. The summed E-state index contributed by atoms with van der Waals surface area (Å²) in [6.07, 6.45) is 0.318. The molecule has 25 heavy (non-hydrogen) atoms. The van der Waals surface area contributed by atoms with Crippen molar-refractivity contribution in [2.75, 3.05) is 0 Å². The first-order valence-corrected chi connectivity index (χ1v) is 9.31. The van der Waals surface area contributed by atoms with E-state index in [1.54, 1.807) is 0 Å². The fourth-order valence-corrected chi connectivity index (χ4v) is 6.61. The third-order valence-electron chi connectivity index (χ3n) is 7.57. The quantitative estimate of drug-likeness (QED) is 0.645. The average molecular weight is 348 g/mol.